The summed E-state index contributed by atoms with van der Waals surface area (Å²) in [6, 6.07) is 72.7. The van der Waals surface area contributed by atoms with E-state index in [0.717, 1.165) is 61.3 Å². The van der Waals surface area contributed by atoms with Crippen molar-refractivity contribution < 1.29 is 4.42 Å². The van der Waals surface area contributed by atoms with Crippen molar-refractivity contribution in [1.29, 1.82) is 0 Å². The van der Waals surface area contributed by atoms with Crippen LogP contribution in [0, 0.1) is 0 Å². The van der Waals surface area contributed by atoms with E-state index in [2.05, 4.69) is 213 Å². The smallest absolute Gasteiger partial charge is 0.143 e. The minimum atomic E-state index is -0.104. The summed E-state index contributed by atoms with van der Waals surface area (Å²) in [6.45, 7) is 4.70. The first-order valence-corrected chi connectivity index (χ1v) is 19.7. The number of para-hydroxylation sites is 1. The Morgan fingerprint density at radius 2 is 0.965 bits per heavy atom. The van der Waals surface area contributed by atoms with Crippen LogP contribution >= 0.6 is 0 Å². The molecule has 0 fully saturated rings. The summed E-state index contributed by atoms with van der Waals surface area (Å²) in [5.74, 6) is 0. The molecular formula is C55H39NO. The second-order valence-corrected chi connectivity index (χ2v) is 15.8. The molecule has 1 aromatic heterocycles. The van der Waals surface area contributed by atoms with Crippen molar-refractivity contribution in [2.24, 2.45) is 0 Å². The monoisotopic (exact) mass is 729 g/mol. The summed E-state index contributed by atoms with van der Waals surface area (Å²) in [6.07, 6.45) is 0. The third-order valence-electron chi connectivity index (χ3n) is 12.1. The lowest BCUT2D eigenvalue weighted by Crippen LogP contribution is -2.16. The van der Waals surface area contributed by atoms with E-state index in [0.29, 0.717) is 0 Å². The van der Waals surface area contributed by atoms with Crippen LogP contribution in [0.2, 0.25) is 0 Å². The molecule has 0 unspecified atom stereocenters. The second kappa shape index (κ2) is 13.0. The van der Waals surface area contributed by atoms with Crippen LogP contribution < -0.4 is 4.90 Å². The molecule has 0 saturated heterocycles. The van der Waals surface area contributed by atoms with Gasteiger partial charge in [-0.15, -0.1) is 0 Å². The molecular weight excluding hydrogens is 691 g/mol. The van der Waals surface area contributed by atoms with Gasteiger partial charge in [0.15, 0.2) is 0 Å². The average molecular weight is 730 g/mol. The van der Waals surface area contributed by atoms with Gasteiger partial charge >= 0.3 is 0 Å². The van der Waals surface area contributed by atoms with E-state index in [1.165, 1.54) is 44.2 Å². The lowest BCUT2D eigenvalue weighted by Gasteiger charge is -2.28. The molecule has 2 heteroatoms. The van der Waals surface area contributed by atoms with Crippen molar-refractivity contribution in [3.63, 3.8) is 0 Å². The molecule has 1 aliphatic carbocycles. The molecule has 0 atom stereocenters. The van der Waals surface area contributed by atoms with Gasteiger partial charge in [-0.1, -0.05) is 153 Å². The molecule has 1 aliphatic rings. The lowest BCUT2D eigenvalue weighted by molar-refractivity contribution is 0.660. The van der Waals surface area contributed by atoms with Gasteiger partial charge in [0, 0.05) is 38.8 Å². The predicted molar refractivity (Wildman–Crippen MR) is 240 cm³/mol. The fourth-order valence-corrected chi connectivity index (χ4v) is 9.08. The maximum Gasteiger partial charge on any atom is 0.143 e. The maximum absolute atomic E-state index is 6.59. The standard InChI is InChI=1S/C55H39NO/c1-55(2)51-18-10-8-16-46(51)47-31-30-45(35-52(47)55)56(43-26-22-38(23-27-43)36-12-4-3-5-13-36)44-28-24-39(25-29-44)42-33-49(41-21-20-37-14-6-7-15-40(37)32-41)54-50(34-42)48-17-9-11-19-53(48)57-54/h3-35H,1-2H3. The van der Waals surface area contributed by atoms with Crippen molar-refractivity contribution in [1.82, 2.24) is 0 Å². The lowest BCUT2D eigenvalue weighted by atomic mass is 9.82. The normalized spacial score (nSPS) is 12.9. The van der Waals surface area contributed by atoms with Crippen LogP contribution in [0.15, 0.2) is 205 Å². The Kier molecular flexibility index (Phi) is 7.55. The molecule has 0 bridgehead atoms. The van der Waals surface area contributed by atoms with Crippen LogP contribution in [0.25, 0.3) is 77.2 Å². The highest BCUT2D eigenvalue weighted by atomic mass is 16.3. The molecule has 0 N–H and O–H groups in total. The van der Waals surface area contributed by atoms with Crippen molar-refractivity contribution in [3.8, 4) is 44.5 Å². The Balaban J connectivity index is 1.04. The molecule has 0 radical (unpaired) electrons. The second-order valence-electron chi connectivity index (χ2n) is 15.8. The molecule has 57 heavy (non-hydrogen) atoms. The third kappa shape index (κ3) is 5.48. The summed E-state index contributed by atoms with van der Waals surface area (Å²) in [5.41, 5.74) is 17.4. The van der Waals surface area contributed by atoms with Gasteiger partial charge in [-0.3, -0.25) is 0 Å². The molecule has 270 valence electrons. The number of hydrogen-bond donors (Lipinski definition) is 0. The highest BCUT2D eigenvalue weighted by Crippen LogP contribution is 2.51. The number of anilines is 3. The van der Waals surface area contributed by atoms with Crippen molar-refractivity contribution in [3.05, 3.63) is 211 Å². The third-order valence-corrected chi connectivity index (χ3v) is 12.1. The number of nitrogens with zero attached hydrogens (tertiary/aromatic N) is 1. The summed E-state index contributed by atoms with van der Waals surface area (Å²) >= 11 is 0. The van der Waals surface area contributed by atoms with Crippen LogP contribution in [0.5, 0.6) is 0 Å². The molecule has 2 nitrogen and oxygen atoms in total. The quantitative estimate of drug-likeness (QED) is 0.169. The van der Waals surface area contributed by atoms with E-state index in [-0.39, 0.29) is 5.41 Å². The van der Waals surface area contributed by atoms with Crippen LogP contribution in [0.4, 0.5) is 17.1 Å². The van der Waals surface area contributed by atoms with E-state index < -0.39 is 0 Å². The van der Waals surface area contributed by atoms with Crippen molar-refractivity contribution in [2.75, 3.05) is 4.90 Å². The molecule has 10 aromatic rings. The molecule has 11 rings (SSSR count). The molecule has 1 heterocycles. The van der Waals surface area contributed by atoms with Crippen LogP contribution in [-0.2, 0) is 5.41 Å². The molecule has 0 aliphatic heterocycles. The minimum Gasteiger partial charge on any atom is -0.455 e. The van der Waals surface area contributed by atoms with E-state index in [1.807, 2.05) is 6.07 Å². The Morgan fingerprint density at radius 1 is 0.368 bits per heavy atom. The van der Waals surface area contributed by atoms with Gasteiger partial charge in [-0.25, -0.2) is 0 Å². The van der Waals surface area contributed by atoms with Gasteiger partial charge < -0.3 is 9.32 Å². The molecule has 9 aromatic carbocycles. The van der Waals surface area contributed by atoms with E-state index in [1.54, 1.807) is 0 Å². The van der Waals surface area contributed by atoms with E-state index >= 15 is 0 Å². The number of hydrogen-bond acceptors (Lipinski definition) is 2. The number of rotatable bonds is 6. The zero-order valence-corrected chi connectivity index (χ0v) is 31.9. The summed E-state index contributed by atoms with van der Waals surface area (Å²) < 4.78 is 6.59. The number of benzene rings is 9. The van der Waals surface area contributed by atoms with Crippen LogP contribution in [0.1, 0.15) is 25.0 Å². The maximum atomic E-state index is 6.59. The SMILES string of the molecule is CC1(C)c2ccccc2-c2ccc(N(c3ccc(-c4ccccc4)cc3)c3ccc(-c4cc(-c5ccc6ccccc6c5)c5oc6ccccc6c5c4)cc3)cc21. The molecule has 0 amide bonds. The highest BCUT2D eigenvalue weighted by Gasteiger charge is 2.35. The Hall–Kier alpha value is -7.16. The van der Waals surface area contributed by atoms with Gasteiger partial charge in [0.2, 0.25) is 0 Å². The van der Waals surface area contributed by atoms with Crippen LogP contribution in [0.3, 0.4) is 0 Å². The Bertz CT molecular complexity index is 3130. The topological polar surface area (TPSA) is 16.4 Å². The summed E-state index contributed by atoms with van der Waals surface area (Å²) in [4.78, 5) is 2.39. The predicted octanol–water partition coefficient (Wildman–Crippen LogP) is 15.5. The zero-order chi connectivity index (χ0) is 38.1. The largest absolute Gasteiger partial charge is 0.455 e. The van der Waals surface area contributed by atoms with Gasteiger partial charge in [-0.2, -0.15) is 0 Å². The fraction of sp³-hybridized carbons (Fsp3) is 0.0545. The molecule has 0 saturated carbocycles. The van der Waals surface area contributed by atoms with E-state index in [9.17, 15) is 0 Å². The van der Waals surface area contributed by atoms with Gasteiger partial charge in [0.1, 0.15) is 11.2 Å². The van der Waals surface area contributed by atoms with Crippen molar-refractivity contribution >= 4 is 49.8 Å². The van der Waals surface area contributed by atoms with Crippen molar-refractivity contribution in [2.45, 2.75) is 19.3 Å². The van der Waals surface area contributed by atoms with Gasteiger partial charge in [-0.05, 0) is 122 Å². The molecule has 0 spiro atoms. The van der Waals surface area contributed by atoms with Gasteiger partial charge in [0.25, 0.3) is 0 Å². The number of fused-ring (bicyclic) bond motifs is 7. The first-order valence-electron chi connectivity index (χ1n) is 19.7. The highest BCUT2D eigenvalue weighted by molar-refractivity contribution is 6.12. The summed E-state index contributed by atoms with van der Waals surface area (Å²) in [5, 5.41) is 4.69. The number of furan rings is 1. The average Bonchev–Trinajstić information content (AvgIpc) is 3.76. The first kappa shape index (κ1) is 33.2. The Labute approximate surface area is 332 Å². The first-order chi connectivity index (χ1) is 28.0. The van der Waals surface area contributed by atoms with Crippen LogP contribution in [-0.4, -0.2) is 0 Å². The van der Waals surface area contributed by atoms with E-state index in [4.69, 9.17) is 4.42 Å². The Morgan fingerprint density at radius 3 is 1.75 bits per heavy atom. The zero-order valence-electron chi connectivity index (χ0n) is 31.9. The fourth-order valence-electron chi connectivity index (χ4n) is 9.08. The van der Waals surface area contributed by atoms with Gasteiger partial charge in [0.05, 0.1) is 0 Å². The summed E-state index contributed by atoms with van der Waals surface area (Å²) in [7, 11) is 0. The minimum absolute atomic E-state index is 0.104.